The largest absolute Gasteiger partial charge is 0.479 e. The molecule has 1 aliphatic carbocycles. The number of rotatable bonds is 5. The van der Waals surface area contributed by atoms with Crippen LogP contribution in [0.3, 0.4) is 0 Å². The fraction of sp³-hybridized carbons (Fsp3) is 0.562. The lowest BCUT2D eigenvalue weighted by molar-refractivity contribution is -0.160. The van der Waals surface area contributed by atoms with Crippen LogP contribution in [0.2, 0.25) is 0 Å². The molecule has 2 aromatic rings. The summed E-state index contributed by atoms with van der Waals surface area (Å²) in [5, 5.41) is 10.3. The van der Waals surface area contributed by atoms with E-state index >= 15 is 0 Å². The Morgan fingerprint density at radius 3 is 2.16 bits per heavy atom. The highest BCUT2D eigenvalue weighted by Crippen LogP contribution is 2.44. The first-order chi connectivity index (χ1) is 17.3. The van der Waals surface area contributed by atoms with Crippen molar-refractivity contribution in [2.24, 2.45) is 5.41 Å². The maximum atomic E-state index is 13.7. The first-order valence-corrected chi connectivity index (χ1v) is 13.7. The standard InChI is InChI=1S/C32H43NO4/c1-20-11-13-23(14-12-20)26-22(3)25-19-33(30(36)32(7)16-9-8-10-17-32)18-15-24(25)21(2)27(26)28(29(34)35)37-31(4,5)6/h11-14,28H,8-10,15-19H2,1-7H3,(H,34,35)/t28-/m0/s1. The second kappa shape index (κ2) is 10.2. The average Bonchev–Trinajstić information content (AvgIpc) is 2.84. The van der Waals surface area contributed by atoms with Gasteiger partial charge in [-0.3, -0.25) is 4.79 Å². The third kappa shape index (κ3) is 5.47. The van der Waals surface area contributed by atoms with Gasteiger partial charge in [0.25, 0.3) is 0 Å². The highest BCUT2D eigenvalue weighted by atomic mass is 16.5. The Morgan fingerprint density at radius 1 is 0.973 bits per heavy atom. The van der Waals surface area contributed by atoms with E-state index in [2.05, 4.69) is 43.0 Å². The minimum absolute atomic E-state index is 0.270. The molecule has 4 rings (SSSR count). The van der Waals surface area contributed by atoms with Crippen molar-refractivity contribution in [3.05, 3.63) is 57.6 Å². The maximum absolute atomic E-state index is 13.7. The smallest absolute Gasteiger partial charge is 0.337 e. The molecule has 37 heavy (non-hydrogen) atoms. The van der Waals surface area contributed by atoms with Crippen molar-refractivity contribution in [1.29, 1.82) is 0 Å². The highest BCUT2D eigenvalue weighted by molar-refractivity contribution is 5.85. The van der Waals surface area contributed by atoms with E-state index in [0.29, 0.717) is 13.1 Å². The molecule has 0 aromatic heterocycles. The van der Waals surface area contributed by atoms with E-state index in [1.165, 1.54) is 12.0 Å². The van der Waals surface area contributed by atoms with Crippen molar-refractivity contribution in [1.82, 2.24) is 4.90 Å². The van der Waals surface area contributed by atoms with Gasteiger partial charge in [-0.25, -0.2) is 4.79 Å². The van der Waals surface area contributed by atoms with Gasteiger partial charge < -0.3 is 14.7 Å². The molecule has 5 nitrogen and oxygen atoms in total. The normalized spacial score (nSPS) is 18.3. The van der Waals surface area contributed by atoms with Crippen LogP contribution in [0.1, 0.15) is 99.3 Å². The van der Waals surface area contributed by atoms with E-state index in [4.69, 9.17) is 4.74 Å². The fourth-order valence-corrected chi connectivity index (χ4v) is 6.33. The van der Waals surface area contributed by atoms with Crippen LogP contribution >= 0.6 is 0 Å². The van der Waals surface area contributed by atoms with Crippen LogP contribution in [-0.4, -0.2) is 34.0 Å². The van der Waals surface area contributed by atoms with Crippen LogP contribution in [0.5, 0.6) is 0 Å². The quantitative estimate of drug-likeness (QED) is 0.472. The summed E-state index contributed by atoms with van der Waals surface area (Å²) >= 11 is 0. The van der Waals surface area contributed by atoms with Crippen molar-refractivity contribution < 1.29 is 19.4 Å². The number of hydrogen-bond acceptors (Lipinski definition) is 3. The second-order valence-corrected chi connectivity index (χ2v) is 12.4. The van der Waals surface area contributed by atoms with E-state index in [0.717, 1.165) is 71.0 Å². The number of hydrogen-bond donors (Lipinski definition) is 1. The number of carboxylic acid groups (broad SMARTS) is 1. The summed E-state index contributed by atoms with van der Waals surface area (Å²) in [6.45, 7) is 15.2. The molecule has 2 aliphatic rings. The number of ether oxygens (including phenoxy) is 1. The molecular weight excluding hydrogens is 462 g/mol. The van der Waals surface area contributed by atoms with Gasteiger partial charge in [-0.2, -0.15) is 0 Å². The monoisotopic (exact) mass is 505 g/mol. The predicted octanol–water partition coefficient (Wildman–Crippen LogP) is 7.07. The summed E-state index contributed by atoms with van der Waals surface area (Å²) in [7, 11) is 0. The zero-order valence-corrected chi connectivity index (χ0v) is 23.7. The zero-order chi connectivity index (χ0) is 27.1. The third-order valence-electron chi connectivity index (χ3n) is 8.36. The summed E-state index contributed by atoms with van der Waals surface area (Å²) in [6.07, 6.45) is 5.03. The van der Waals surface area contributed by atoms with Crippen molar-refractivity contribution >= 4 is 11.9 Å². The van der Waals surface area contributed by atoms with Crippen molar-refractivity contribution in [2.75, 3.05) is 6.54 Å². The van der Waals surface area contributed by atoms with Crippen LogP contribution in [-0.2, 0) is 27.3 Å². The molecule has 0 spiro atoms. The van der Waals surface area contributed by atoms with Gasteiger partial charge in [-0.1, -0.05) is 56.0 Å². The lowest BCUT2D eigenvalue weighted by Gasteiger charge is -2.40. The van der Waals surface area contributed by atoms with Gasteiger partial charge in [0.1, 0.15) is 0 Å². The van der Waals surface area contributed by atoms with Gasteiger partial charge in [0.2, 0.25) is 5.91 Å². The van der Waals surface area contributed by atoms with Gasteiger partial charge in [0.05, 0.1) is 5.60 Å². The van der Waals surface area contributed by atoms with Crippen LogP contribution in [0.15, 0.2) is 24.3 Å². The molecule has 1 fully saturated rings. The third-order valence-corrected chi connectivity index (χ3v) is 8.36. The SMILES string of the molecule is Cc1ccc(-c2c(C)c3c(c(C)c2[C@H](OC(C)(C)C)C(=O)O)CCN(C(=O)C2(C)CCCCC2)C3)cc1. The van der Waals surface area contributed by atoms with Crippen LogP contribution in [0.4, 0.5) is 0 Å². The number of fused-ring (bicyclic) bond motifs is 1. The first kappa shape index (κ1) is 27.4. The Labute approximate surface area is 222 Å². The molecule has 1 saturated carbocycles. The van der Waals surface area contributed by atoms with Crippen molar-refractivity contribution in [3.8, 4) is 11.1 Å². The van der Waals surface area contributed by atoms with E-state index < -0.39 is 17.7 Å². The Hall–Kier alpha value is -2.66. The predicted molar refractivity (Wildman–Crippen MR) is 148 cm³/mol. The molecule has 1 heterocycles. The molecule has 0 saturated heterocycles. The maximum Gasteiger partial charge on any atom is 0.337 e. The Kier molecular flexibility index (Phi) is 7.58. The number of benzene rings is 2. The molecular formula is C32H43NO4. The highest BCUT2D eigenvalue weighted by Gasteiger charge is 2.40. The molecule has 1 aliphatic heterocycles. The van der Waals surface area contributed by atoms with E-state index in [1.807, 2.05) is 34.6 Å². The zero-order valence-electron chi connectivity index (χ0n) is 23.7. The number of amides is 1. The van der Waals surface area contributed by atoms with E-state index in [-0.39, 0.29) is 11.3 Å². The number of carbonyl (C=O) groups is 2. The van der Waals surface area contributed by atoms with Crippen molar-refractivity contribution in [2.45, 2.75) is 105 Å². The fourth-order valence-electron chi connectivity index (χ4n) is 6.33. The molecule has 1 amide bonds. The average molecular weight is 506 g/mol. The summed E-state index contributed by atoms with van der Waals surface area (Å²) < 4.78 is 6.19. The Balaban J connectivity index is 1.86. The van der Waals surface area contributed by atoms with Gasteiger partial charge in [-0.05, 0) is 94.2 Å². The number of nitrogens with zero attached hydrogens (tertiary/aromatic N) is 1. The van der Waals surface area contributed by atoms with E-state index in [1.54, 1.807) is 0 Å². The molecule has 0 radical (unpaired) electrons. The molecule has 5 heteroatoms. The van der Waals surface area contributed by atoms with Crippen LogP contribution < -0.4 is 0 Å². The van der Waals surface area contributed by atoms with Gasteiger partial charge in [0, 0.05) is 24.1 Å². The van der Waals surface area contributed by atoms with Gasteiger partial charge in [0.15, 0.2) is 6.10 Å². The van der Waals surface area contributed by atoms with Crippen LogP contribution in [0.25, 0.3) is 11.1 Å². The Morgan fingerprint density at radius 2 is 1.59 bits per heavy atom. The minimum atomic E-state index is -1.08. The van der Waals surface area contributed by atoms with Gasteiger partial charge >= 0.3 is 5.97 Å². The number of aryl methyl sites for hydroxylation is 1. The summed E-state index contributed by atoms with van der Waals surface area (Å²) in [4.78, 5) is 28.4. The summed E-state index contributed by atoms with van der Waals surface area (Å²) in [6, 6.07) is 8.26. The van der Waals surface area contributed by atoms with Crippen LogP contribution in [0, 0.1) is 26.2 Å². The second-order valence-electron chi connectivity index (χ2n) is 12.4. The lowest BCUT2D eigenvalue weighted by Crippen LogP contribution is -2.46. The molecule has 1 atom stereocenters. The minimum Gasteiger partial charge on any atom is -0.479 e. The number of carbonyl (C=O) groups excluding carboxylic acids is 1. The molecule has 0 bridgehead atoms. The summed E-state index contributed by atoms with van der Waals surface area (Å²) in [5.74, 6) is -0.709. The molecule has 0 unspecified atom stereocenters. The molecule has 2 aromatic carbocycles. The lowest BCUT2D eigenvalue weighted by atomic mass is 9.74. The van der Waals surface area contributed by atoms with Crippen molar-refractivity contribution in [3.63, 3.8) is 0 Å². The molecule has 1 N–H and O–H groups in total. The molecule has 200 valence electrons. The Bertz CT molecular complexity index is 1180. The summed E-state index contributed by atoms with van der Waals surface area (Å²) in [5.41, 5.74) is 7.26. The van der Waals surface area contributed by atoms with E-state index in [9.17, 15) is 14.7 Å². The van der Waals surface area contributed by atoms with Gasteiger partial charge in [-0.15, -0.1) is 0 Å². The topological polar surface area (TPSA) is 66.8 Å². The number of aliphatic carboxylic acids is 1. The first-order valence-electron chi connectivity index (χ1n) is 13.7. The number of carboxylic acids is 1.